The number of fused-ring (bicyclic) bond motifs is 2. The summed E-state index contributed by atoms with van der Waals surface area (Å²) in [6, 6.07) is 0. The number of carbonyl (C=O) groups is 1. The predicted octanol–water partition coefficient (Wildman–Crippen LogP) is 0.664. The van der Waals surface area contributed by atoms with Crippen molar-refractivity contribution in [3.63, 3.8) is 0 Å². The van der Waals surface area contributed by atoms with E-state index in [0.29, 0.717) is 36.6 Å². The van der Waals surface area contributed by atoms with Gasteiger partial charge in [-0.15, -0.1) is 0 Å². The number of hydrogen-bond acceptors (Lipinski definition) is 5. The van der Waals surface area contributed by atoms with E-state index >= 15 is 0 Å². The topological polar surface area (TPSA) is 75.9 Å². The summed E-state index contributed by atoms with van der Waals surface area (Å²) in [5.41, 5.74) is 0.868. The van der Waals surface area contributed by atoms with Crippen molar-refractivity contribution in [2.24, 2.45) is 11.8 Å². The average Bonchev–Trinajstić information content (AvgIpc) is 3.10. The molecular weight excluding hydrogens is 306 g/mol. The van der Waals surface area contributed by atoms with Gasteiger partial charge in [-0.05, 0) is 6.42 Å². The van der Waals surface area contributed by atoms with Gasteiger partial charge >= 0.3 is 0 Å². The van der Waals surface area contributed by atoms with Crippen LogP contribution in [0.1, 0.15) is 6.42 Å². The van der Waals surface area contributed by atoms with Crippen LogP contribution in [0.2, 0.25) is 0 Å². The number of nitrogens with one attached hydrogen (secondary N) is 1. The first-order valence-corrected chi connectivity index (χ1v) is 7.61. The van der Waals surface area contributed by atoms with Gasteiger partial charge in [0.2, 0.25) is 5.91 Å². The van der Waals surface area contributed by atoms with Crippen LogP contribution in [0.15, 0.2) is 12.4 Å². The second-order valence-corrected chi connectivity index (χ2v) is 6.00. The molecule has 9 heteroatoms. The molecule has 0 spiro atoms. The number of amides is 1. The molecule has 2 aromatic rings. The first-order chi connectivity index (χ1) is 11.1. The van der Waals surface area contributed by atoms with Crippen LogP contribution in [0, 0.1) is 11.8 Å². The average molecular weight is 322 g/mol. The summed E-state index contributed by atoms with van der Waals surface area (Å²) in [7, 11) is 0. The Balaban J connectivity index is 1.60. The summed E-state index contributed by atoms with van der Waals surface area (Å²) in [6.45, 7) is 1.61. The maximum atomic E-state index is 12.6. The van der Waals surface area contributed by atoms with Crippen LogP contribution < -0.4 is 10.2 Å². The number of hydrogen-bond donors (Lipinski definition) is 1. The van der Waals surface area contributed by atoms with Gasteiger partial charge in [-0.2, -0.15) is 5.10 Å². The second kappa shape index (κ2) is 5.39. The van der Waals surface area contributed by atoms with Crippen molar-refractivity contribution in [3.05, 3.63) is 12.4 Å². The van der Waals surface area contributed by atoms with E-state index < -0.39 is 13.0 Å². The van der Waals surface area contributed by atoms with E-state index in [0.717, 1.165) is 6.42 Å². The predicted molar refractivity (Wildman–Crippen MR) is 78.1 cm³/mol. The molecule has 2 fully saturated rings. The lowest BCUT2D eigenvalue weighted by Gasteiger charge is -2.33. The third-order valence-corrected chi connectivity index (χ3v) is 4.58. The van der Waals surface area contributed by atoms with Gasteiger partial charge in [0.15, 0.2) is 5.65 Å². The van der Waals surface area contributed by atoms with Crippen LogP contribution in [0.5, 0.6) is 0 Å². The third-order valence-electron chi connectivity index (χ3n) is 4.58. The van der Waals surface area contributed by atoms with Crippen molar-refractivity contribution in [2.75, 3.05) is 24.5 Å². The molecule has 2 aromatic heterocycles. The molecule has 4 heterocycles. The lowest BCUT2D eigenvalue weighted by Crippen LogP contribution is -2.41. The van der Waals surface area contributed by atoms with E-state index in [9.17, 15) is 13.6 Å². The standard InChI is InChI=1S/C14H16F2N6O/c15-11(16)7-22-13-10(4-19-22)17-5-12(20-13)21-2-1-9-8(6-21)3-18-14(9)23/h4-5,8-9,11H,1-3,6-7H2,(H,18,23). The molecular formula is C14H16F2N6O. The molecule has 1 N–H and O–H groups in total. The Kier molecular flexibility index (Phi) is 3.35. The minimum absolute atomic E-state index is 0.0762. The van der Waals surface area contributed by atoms with Gasteiger partial charge in [0.25, 0.3) is 6.43 Å². The Hall–Kier alpha value is -2.32. The van der Waals surface area contributed by atoms with E-state index in [1.165, 1.54) is 10.9 Å². The van der Waals surface area contributed by atoms with Crippen LogP contribution in [0.4, 0.5) is 14.6 Å². The van der Waals surface area contributed by atoms with Gasteiger partial charge in [0.05, 0.1) is 12.4 Å². The highest BCUT2D eigenvalue weighted by atomic mass is 19.3. The Bertz CT molecular complexity index is 748. The van der Waals surface area contributed by atoms with Crippen LogP contribution in [-0.4, -0.2) is 51.7 Å². The minimum Gasteiger partial charge on any atom is -0.355 e. The summed E-state index contributed by atoms with van der Waals surface area (Å²) in [5.74, 6) is 1.12. The van der Waals surface area contributed by atoms with Crippen molar-refractivity contribution in [2.45, 2.75) is 19.4 Å². The summed E-state index contributed by atoms with van der Waals surface area (Å²) in [5, 5.41) is 6.81. The number of rotatable bonds is 3. The lowest BCUT2D eigenvalue weighted by molar-refractivity contribution is -0.123. The molecule has 122 valence electrons. The van der Waals surface area contributed by atoms with E-state index in [1.807, 2.05) is 0 Å². The Morgan fingerprint density at radius 3 is 3.09 bits per heavy atom. The van der Waals surface area contributed by atoms with Crippen LogP contribution in [0.3, 0.4) is 0 Å². The molecule has 0 bridgehead atoms. The van der Waals surface area contributed by atoms with Gasteiger partial charge in [-0.1, -0.05) is 0 Å². The van der Waals surface area contributed by atoms with Crippen LogP contribution in [0.25, 0.3) is 11.2 Å². The highest BCUT2D eigenvalue weighted by Gasteiger charge is 2.39. The molecule has 2 unspecified atom stereocenters. The fourth-order valence-corrected chi connectivity index (χ4v) is 3.41. The van der Waals surface area contributed by atoms with E-state index in [1.54, 1.807) is 6.20 Å². The molecule has 1 amide bonds. The van der Waals surface area contributed by atoms with Crippen LogP contribution >= 0.6 is 0 Å². The van der Waals surface area contributed by atoms with Gasteiger partial charge in [0.1, 0.15) is 17.9 Å². The zero-order valence-electron chi connectivity index (χ0n) is 12.3. The molecule has 0 aromatic carbocycles. The Morgan fingerprint density at radius 1 is 1.39 bits per heavy atom. The smallest absolute Gasteiger partial charge is 0.258 e. The monoisotopic (exact) mass is 322 g/mol. The van der Waals surface area contributed by atoms with Crippen LogP contribution in [-0.2, 0) is 11.3 Å². The first kappa shape index (κ1) is 14.3. The molecule has 0 radical (unpaired) electrons. The van der Waals surface area contributed by atoms with Gasteiger partial charge in [0, 0.05) is 31.5 Å². The molecule has 23 heavy (non-hydrogen) atoms. The summed E-state index contributed by atoms with van der Waals surface area (Å²) in [6.07, 6.45) is 1.36. The van der Waals surface area contributed by atoms with Crippen molar-refractivity contribution in [1.29, 1.82) is 0 Å². The van der Waals surface area contributed by atoms with E-state index in [-0.39, 0.29) is 17.7 Å². The highest BCUT2D eigenvalue weighted by Crippen LogP contribution is 2.30. The van der Waals surface area contributed by atoms with E-state index in [2.05, 4.69) is 25.3 Å². The van der Waals surface area contributed by atoms with Crippen molar-refractivity contribution in [1.82, 2.24) is 25.1 Å². The molecule has 2 aliphatic rings. The lowest BCUT2D eigenvalue weighted by atomic mass is 9.88. The highest BCUT2D eigenvalue weighted by molar-refractivity contribution is 5.81. The number of alkyl halides is 2. The largest absolute Gasteiger partial charge is 0.355 e. The Morgan fingerprint density at radius 2 is 2.26 bits per heavy atom. The van der Waals surface area contributed by atoms with Crippen molar-refractivity contribution >= 4 is 22.9 Å². The van der Waals surface area contributed by atoms with Gasteiger partial charge < -0.3 is 10.2 Å². The molecule has 2 aliphatic heterocycles. The minimum atomic E-state index is -2.49. The third kappa shape index (κ3) is 2.49. The zero-order valence-corrected chi connectivity index (χ0v) is 12.3. The van der Waals surface area contributed by atoms with Crippen molar-refractivity contribution < 1.29 is 13.6 Å². The fraction of sp³-hybridized carbons (Fsp3) is 0.571. The Labute approximate surface area is 130 Å². The summed E-state index contributed by atoms with van der Waals surface area (Å²) >= 11 is 0. The number of halogens is 2. The molecule has 7 nitrogen and oxygen atoms in total. The molecule has 0 saturated carbocycles. The number of carbonyl (C=O) groups excluding carboxylic acids is 1. The summed E-state index contributed by atoms with van der Waals surface area (Å²) < 4.78 is 26.4. The normalized spacial score (nSPS) is 24.3. The maximum absolute atomic E-state index is 12.6. The quantitative estimate of drug-likeness (QED) is 0.898. The first-order valence-electron chi connectivity index (χ1n) is 7.61. The van der Waals surface area contributed by atoms with Gasteiger partial charge in [-0.3, -0.25) is 4.79 Å². The SMILES string of the molecule is O=C1NCC2CN(c3cnc4cnn(CC(F)F)c4n3)CCC12. The number of nitrogens with zero attached hydrogens (tertiary/aromatic N) is 5. The summed E-state index contributed by atoms with van der Waals surface area (Å²) in [4.78, 5) is 22.5. The number of anilines is 1. The fourth-order valence-electron chi connectivity index (χ4n) is 3.41. The molecule has 2 atom stereocenters. The maximum Gasteiger partial charge on any atom is 0.258 e. The van der Waals surface area contributed by atoms with E-state index in [4.69, 9.17) is 0 Å². The van der Waals surface area contributed by atoms with Crippen molar-refractivity contribution in [3.8, 4) is 0 Å². The molecule has 4 rings (SSSR count). The number of piperidine rings is 1. The molecule has 2 saturated heterocycles. The zero-order chi connectivity index (χ0) is 16.0. The van der Waals surface area contributed by atoms with Gasteiger partial charge in [-0.25, -0.2) is 23.4 Å². The number of aromatic nitrogens is 4. The second-order valence-electron chi connectivity index (χ2n) is 6.00. The molecule has 0 aliphatic carbocycles.